The van der Waals surface area contributed by atoms with Crippen molar-refractivity contribution in [1.29, 1.82) is 0 Å². The molecule has 3 rings (SSSR count). The van der Waals surface area contributed by atoms with Gasteiger partial charge in [-0.05, 0) is 45.4 Å². The summed E-state index contributed by atoms with van der Waals surface area (Å²) in [6, 6.07) is 0.821. The minimum absolute atomic E-state index is 0.397. The Morgan fingerprint density at radius 1 is 1.22 bits per heavy atom. The number of hydrogen-bond donors (Lipinski definition) is 3. The van der Waals surface area contributed by atoms with E-state index in [1.54, 1.807) is 0 Å². The van der Waals surface area contributed by atoms with Crippen LogP contribution in [0.25, 0.3) is 0 Å². The number of aliphatic imine (C=N–C) groups is 1. The molecule has 1 unspecified atom stereocenters. The summed E-state index contributed by atoms with van der Waals surface area (Å²) >= 11 is 0. The van der Waals surface area contributed by atoms with E-state index in [-0.39, 0.29) is 0 Å². The first-order valence-corrected chi connectivity index (χ1v) is 10.8. The number of β-amino-alcohol motifs (C(OH)–C–C–N with tert-alkyl or cyclic N) is 1. The fraction of sp³-hybridized carbons (Fsp3) is 0.950. The standard InChI is InChI=1S/C20H39N5O2/c1-3-21-19(22-8-9-25(18-6-7-18)14-17-4-5-17)23-15-20(2,26)16-24-10-12-27-13-11-24/h17-18,26H,3-16H2,1-2H3,(H2,21,22,23). The maximum absolute atomic E-state index is 10.7. The van der Waals surface area contributed by atoms with E-state index < -0.39 is 5.60 Å². The summed E-state index contributed by atoms with van der Waals surface area (Å²) in [5, 5.41) is 17.5. The third-order valence-electron chi connectivity index (χ3n) is 5.53. The topological polar surface area (TPSA) is 72.4 Å². The van der Waals surface area contributed by atoms with Crippen molar-refractivity contribution in [2.45, 2.75) is 51.2 Å². The van der Waals surface area contributed by atoms with Gasteiger partial charge in [0, 0.05) is 51.9 Å². The number of nitrogens with zero attached hydrogens (tertiary/aromatic N) is 3. The van der Waals surface area contributed by atoms with Crippen LogP contribution in [0.3, 0.4) is 0 Å². The lowest BCUT2D eigenvalue weighted by Gasteiger charge is -2.33. The largest absolute Gasteiger partial charge is 0.387 e. The van der Waals surface area contributed by atoms with Gasteiger partial charge in [-0.1, -0.05) is 0 Å². The lowest BCUT2D eigenvalue weighted by Crippen LogP contribution is -2.48. The Hall–Kier alpha value is -0.890. The summed E-state index contributed by atoms with van der Waals surface area (Å²) in [5.74, 6) is 1.75. The van der Waals surface area contributed by atoms with Crippen LogP contribution in [0.2, 0.25) is 0 Å². The van der Waals surface area contributed by atoms with Crippen molar-refractivity contribution in [2.24, 2.45) is 10.9 Å². The summed E-state index contributed by atoms with van der Waals surface area (Å²) in [5.41, 5.74) is -0.828. The average Bonchev–Trinajstić information content (AvgIpc) is 3.53. The van der Waals surface area contributed by atoms with Crippen molar-refractivity contribution in [2.75, 3.05) is 65.6 Å². The third kappa shape index (κ3) is 7.94. The summed E-state index contributed by atoms with van der Waals surface area (Å²) < 4.78 is 5.38. The number of ether oxygens (including phenoxy) is 1. The zero-order valence-corrected chi connectivity index (χ0v) is 17.3. The molecule has 0 aromatic carbocycles. The summed E-state index contributed by atoms with van der Waals surface area (Å²) in [6.45, 7) is 12.3. The second-order valence-corrected chi connectivity index (χ2v) is 8.68. The smallest absolute Gasteiger partial charge is 0.191 e. The molecule has 0 amide bonds. The van der Waals surface area contributed by atoms with Gasteiger partial charge >= 0.3 is 0 Å². The second-order valence-electron chi connectivity index (χ2n) is 8.68. The molecule has 7 heteroatoms. The number of guanidine groups is 1. The molecule has 3 fully saturated rings. The summed E-state index contributed by atoms with van der Waals surface area (Å²) in [6.07, 6.45) is 5.56. The van der Waals surface area contributed by atoms with Crippen molar-refractivity contribution >= 4 is 5.96 Å². The molecular formula is C20H39N5O2. The molecule has 1 atom stereocenters. The third-order valence-corrected chi connectivity index (χ3v) is 5.53. The highest BCUT2D eigenvalue weighted by molar-refractivity contribution is 5.79. The molecule has 0 aromatic heterocycles. The molecule has 3 N–H and O–H groups in total. The molecule has 7 nitrogen and oxygen atoms in total. The Kier molecular flexibility index (Phi) is 7.75. The number of nitrogens with one attached hydrogen (secondary N) is 2. The van der Waals surface area contributed by atoms with Gasteiger partial charge in [0.05, 0.1) is 25.4 Å². The fourth-order valence-electron chi connectivity index (χ4n) is 3.69. The maximum atomic E-state index is 10.7. The van der Waals surface area contributed by atoms with Gasteiger partial charge in [0.25, 0.3) is 0 Å². The van der Waals surface area contributed by atoms with E-state index in [1.807, 2.05) is 6.92 Å². The van der Waals surface area contributed by atoms with Gasteiger partial charge in [-0.3, -0.25) is 14.8 Å². The van der Waals surface area contributed by atoms with Crippen LogP contribution in [0.4, 0.5) is 0 Å². The van der Waals surface area contributed by atoms with Crippen LogP contribution in [0.1, 0.15) is 39.5 Å². The zero-order chi connectivity index (χ0) is 19.1. The van der Waals surface area contributed by atoms with E-state index in [2.05, 4.69) is 32.3 Å². The molecule has 0 spiro atoms. The Morgan fingerprint density at radius 2 is 1.96 bits per heavy atom. The van der Waals surface area contributed by atoms with Gasteiger partial charge in [-0.25, -0.2) is 0 Å². The van der Waals surface area contributed by atoms with Crippen molar-refractivity contribution in [3.8, 4) is 0 Å². The van der Waals surface area contributed by atoms with E-state index in [4.69, 9.17) is 4.74 Å². The van der Waals surface area contributed by atoms with E-state index in [1.165, 1.54) is 32.2 Å². The van der Waals surface area contributed by atoms with Gasteiger partial charge in [0.1, 0.15) is 0 Å². The van der Waals surface area contributed by atoms with E-state index in [9.17, 15) is 5.11 Å². The van der Waals surface area contributed by atoms with Gasteiger partial charge in [0.15, 0.2) is 5.96 Å². The minimum atomic E-state index is -0.828. The minimum Gasteiger partial charge on any atom is -0.387 e. The Labute approximate surface area is 164 Å². The van der Waals surface area contributed by atoms with Crippen LogP contribution in [0.5, 0.6) is 0 Å². The lowest BCUT2D eigenvalue weighted by atomic mass is 10.1. The SMILES string of the molecule is CCNC(=NCC(C)(O)CN1CCOCC1)NCCN(CC1CC1)C1CC1. The van der Waals surface area contributed by atoms with Crippen molar-refractivity contribution < 1.29 is 9.84 Å². The molecular weight excluding hydrogens is 342 g/mol. The molecule has 3 aliphatic rings. The predicted octanol–water partition coefficient (Wildman–Crippen LogP) is 0.499. The van der Waals surface area contributed by atoms with E-state index in [0.717, 1.165) is 63.9 Å². The Morgan fingerprint density at radius 3 is 2.59 bits per heavy atom. The molecule has 156 valence electrons. The van der Waals surface area contributed by atoms with Crippen molar-refractivity contribution in [3.63, 3.8) is 0 Å². The Balaban J connectivity index is 1.41. The van der Waals surface area contributed by atoms with Crippen molar-refractivity contribution in [3.05, 3.63) is 0 Å². The Bertz CT molecular complexity index is 471. The summed E-state index contributed by atoms with van der Waals surface area (Å²) in [7, 11) is 0. The van der Waals surface area contributed by atoms with Crippen LogP contribution in [-0.4, -0.2) is 98.1 Å². The molecule has 1 aliphatic heterocycles. The molecule has 27 heavy (non-hydrogen) atoms. The molecule has 1 saturated heterocycles. The quantitative estimate of drug-likeness (QED) is 0.358. The number of aliphatic hydroxyl groups is 1. The molecule has 1 heterocycles. The highest BCUT2D eigenvalue weighted by Crippen LogP contribution is 2.34. The zero-order valence-electron chi connectivity index (χ0n) is 17.3. The van der Waals surface area contributed by atoms with Crippen LogP contribution in [0.15, 0.2) is 4.99 Å². The first kappa shape index (κ1) is 20.8. The van der Waals surface area contributed by atoms with Crippen LogP contribution >= 0.6 is 0 Å². The molecule has 0 aromatic rings. The molecule has 0 bridgehead atoms. The average molecular weight is 382 g/mol. The van der Waals surface area contributed by atoms with E-state index in [0.29, 0.717) is 13.1 Å². The maximum Gasteiger partial charge on any atom is 0.191 e. The lowest BCUT2D eigenvalue weighted by molar-refractivity contribution is -0.0179. The molecule has 0 radical (unpaired) electrons. The van der Waals surface area contributed by atoms with Crippen LogP contribution in [0, 0.1) is 5.92 Å². The first-order chi connectivity index (χ1) is 13.1. The molecule has 2 saturated carbocycles. The van der Waals surface area contributed by atoms with Gasteiger partial charge in [-0.2, -0.15) is 0 Å². The highest BCUT2D eigenvalue weighted by Gasteiger charge is 2.33. The van der Waals surface area contributed by atoms with Gasteiger partial charge in [-0.15, -0.1) is 0 Å². The highest BCUT2D eigenvalue weighted by atomic mass is 16.5. The van der Waals surface area contributed by atoms with Crippen LogP contribution < -0.4 is 10.6 Å². The number of hydrogen-bond acceptors (Lipinski definition) is 5. The number of morpholine rings is 1. The second kappa shape index (κ2) is 10.0. The van der Waals surface area contributed by atoms with Gasteiger partial charge < -0.3 is 20.5 Å². The van der Waals surface area contributed by atoms with E-state index >= 15 is 0 Å². The fourth-order valence-corrected chi connectivity index (χ4v) is 3.69. The normalized spacial score (nSPS) is 24.1. The van der Waals surface area contributed by atoms with Crippen molar-refractivity contribution in [1.82, 2.24) is 20.4 Å². The monoisotopic (exact) mass is 381 g/mol. The number of rotatable bonds is 11. The first-order valence-electron chi connectivity index (χ1n) is 10.8. The van der Waals surface area contributed by atoms with Gasteiger partial charge in [0.2, 0.25) is 0 Å². The molecule has 2 aliphatic carbocycles. The summed E-state index contributed by atoms with van der Waals surface area (Å²) in [4.78, 5) is 9.56. The predicted molar refractivity (Wildman–Crippen MR) is 109 cm³/mol. The van der Waals surface area contributed by atoms with Crippen LogP contribution in [-0.2, 0) is 4.74 Å².